The van der Waals surface area contributed by atoms with E-state index in [1.165, 1.54) is 4.90 Å². The summed E-state index contributed by atoms with van der Waals surface area (Å²) in [5.41, 5.74) is 1.92. The Morgan fingerprint density at radius 3 is 2.59 bits per heavy atom. The van der Waals surface area contributed by atoms with Crippen LogP contribution in [0.5, 0.6) is 0 Å². The topological polar surface area (TPSA) is 84.9 Å². The number of carbonyl (C=O) groups is 3. The number of β-lactam (4-membered cyclic amide) rings is 1. The zero-order chi connectivity index (χ0) is 23.4. The molecule has 173 valence electrons. The number of hydrogen-bond donors (Lipinski definition) is 1. The summed E-state index contributed by atoms with van der Waals surface area (Å²) in [5.74, 6) is -1.25. The first kappa shape index (κ1) is 23.0. The second-order valence-corrected chi connectivity index (χ2v) is 12.6. The van der Waals surface area contributed by atoms with E-state index in [9.17, 15) is 14.4 Å². The normalized spacial score (nSPS) is 28.5. The second kappa shape index (κ2) is 8.30. The van der Waals surface area contributed by atoms with Crippen molar-refractivity contribution in [3.05, 3.63) is 35.4 Å². The fraction of sp³-hybridized carbons (Fsp3) is 0.625. The Morgan fingerprint density at radius 2 is 1.97 bits per heavy atom. The van der Waals surface area contributed by atoms with Crippen molar-refractivity contribution < 1.29 is 23.5 Å². The maximum absolute atomic E-state index is 13.6. The Balaban J connectivity index is 1.55. The van der Waals surface area contributed by atoms with Crippen molar-refractivity contribution in [3.8, 4) is 0 Å². The highest BCUT2D eigenvalue weighted by atomic mass is 28.3. The predicted octanol–water partition coefficient (Wildman–Crippen LogP) is 3.31. The molecule has 3 amide bonds. The molecule has 1 N–H and O–H groups in total. The summed E-state index contributed by atoms with van der Waals surface area (Å²) in [6, 6.07) is 7.12. The van der Waals surface area contributed by atoms with Crippen molar-refractivity contribution in [3.63, 3.8) is 0 Å². The molecule has 7 nitrogen and oxygen atoms in total. The van der Waals surface area contributed by atoms with Crippen molar-refractivity contribution in [1.29, 1.82) is 0 Å². The van der Waals surface area contributed by atoms with E-state index in [4.69, 9.17) is 9.16 Å². The van der Waals surface area contributed by atoms with Crippen LogP contribution in [0.15, 0.2) is 24.3 Å². The predicted molar refractivity (Wildman–Crippen MR) is 121 cm³/mol. The van der Waals surface area contributed by atoms with Crippen molar-refractivity contribution in [1.82, 2.24) is 10.2 Å². The molecule has 0 saturated carbocycles. The number of hydrogen-bond acceptors (Lipinski definition) is 5. The van der Waals surface area contributed by atoms with Crippen LogP contribution in [-0.4, -0.2) is 50.6 Å². The molecule has 2 saturated heterocycles. The van der Waals surface area contributed by atoms with Crippen molar-refractivity contribution in [2.45, 2.75) is 65.4 Å². The molecule has 1 aliphatic carbocycles. The molecule has 2 aliphatic heterocycles. The molecule has 0 unspecified atom stereocenters. The van der Waals surface area contributed by atoms with Gasteiger partial charge in [0.1, 0.15) is 12.1 Å². The minimum atomic E-state index is -0.903. The van der Waals surface area contributed by atoms with E-state index in [1.54, 1.807) is 6.92 Å². The van der Waals surface area contributed by atoms with Gasteiger partial charge in [0.05, 0.1) is 17.9 Å². The summed E-state index contributed by atoms with van der Waals surface area (Å²) in [4.78, 5) is 40.2. The Morgan fingerprint density at radius 1 is 1.28 bits per heavy atom. The van der Waals surface area contributed by atoms with Crippen LogP contribution in [-0.2, 0) is 25.2 Å². The first-order chi connectivity index (χ1) is 15.0. The van der Waals surface area contributed by atoms with Crippen molar-refractivity contribution >= 4 is 26.9 Å². The van der Waals surface area contributed by atoms with Gasteiger partial charge in [-0.1, -0.05) is 52.0 Å². The lowest BCUT2D eigenvalue weighted by Crippen LogP contribution is -2.67. The third-order valence-corrected chi connectivity index (χ3v) is 7.88. The lowest BCUT2D eigenvalue weighted by Gasteiger charge is -2.48. The maximum Gasteiger partial charge on any atom is 0.417 e. The molecule has 1 aromatic rings. The zero-order valence-corrected chi connectivity index (χ0v) is 20.7. The number of nitrogens with one attached hydrogen (secondary N) is 1. The second-order valence-electron chi connectivity index (χ2n) is 10.5. The van der Waals surface area contributed by atoms with Crippen LogP contribution < -0.4 is 5.32 Å². The molecule has 2 heterocycles. The number of carbonyl (C=O) groups excluding carboxylic acids is 3. The summed E-state index contributed by atoms with van der Waals surface area (Å²) in [7, 11) is -0.903. The van der Waals surface area contributed by atoms with E-state index in [1.807, 2.05) is 24.3 Å². The van der Waals surface area contributed by atoms with Gasteiger partial charge in [0, 0.05) is 13.0 Å². The molecule has 1 aromatic carbocycles. The summed E-state index contributed by atoms with van der Waals surface area (Å²) in [6.45, 7) is 12.7. The summed E-state index contributed by atoms with van der Waals surface area (Å²) in [5, 5.41) is 2.95. The van der Waals surface area contributed by atoms with E-state index >= 15 is 0 Å². The largest absolute Gasteiger partial charge is 0.443 e. The third kappa shape index (κ3) is 3.88. The molecule has 8 heteroatoms. The first-order valence-corrected chi connectivity index (χ1v) is 13.8. The Bertz CT molecular complexity index is 927. The van der Waals surface area contributed by atoms with Gasteiger partial charge in [0.2, 0.25) is 20.9 Å². The number of imide groups is 1. The smallest absolute Gasteiger partial charge is 0.417 e. The molecule has 0 spiro atoms. The molecule has 6 atom stereocenters. The fourth-order valence-corrected chi connectivity index (χ4v) is 5.80. The molecular formula is C24H33N2O5Si. The lowest BCUT2D eigenvalue weighted by molar-refractivity contribution is -0.149. The van der Waals surface area contributed by atoms with Gasteiger partial charge in [-0.3, -0.25) is 9.59 Å². The van der Waals surface area contributed by atoms with E-state index in [0.29, 0.717) is 13.0 Å². The molecule has 1 radical (unpaired) electrons. The monoisotopic (exact) mass is 457 g/mol. The van der Waals surface area contributed by atoms with Crippen LogP contribution in [0.4, 0.5) is 4.79 Å². The van der Waals surface area contributed by atoms with Crippen LogP contribution in [0.25, 0.3) is 0 Å². The molecule has 0 aromatic heterocycles. The van der Waals surface area contributed by atoms with Gasteiger partial charge in [0.15, 0.2) is 0 Å². The van der Waals surface area contributed by atoms with E-state index in [0.717, 1.165) is 11.1 Å². The highest BCUT2D eigenvalue weighted by molar-refractivity contribution is 6.48. The number of nitrogens with zero attached hydrogens (tertiary/aromatic N) is 1. The number of benzene rings is 1. The van der Waals surface area contributed by atoms with Gasteiger partial charge in [-0.15, -0.1) is 0 Å². The molecule has 32 heavy (non-hydrogen) atoms. The molecule has 0 bridgehead atoms. The van der Waals surface area contributed by atoms with Crippen LogP contribution in [0.1, 0.15) is 44.9 Å². The van der Waals surface area contributed by atoms with E-state index in [2.05, 4.69) is 39.2 Å². The minimum Gasteiger partial charge on any atom is -0.443 e. The molecule has 3 aliphatic rings. The van der Waals surface area contributed by atoms with Crippen LogP contribution >= 0.6 is 0 Å². The molecular weight excluding hydrogens is 424 g/mol. The van der Waals surface area contributed by atoms with Crippen LogP contribution in [0, 0.1) is 23.2 Å². The van der Waals surface area contributed by atoms with Gasteiger partial charge in [0.25, 0.3) is 0 Å². The van der Waals surface area contributed by atoms with Crippen LogP contribution in [0.2, 0.25) is 13.1 Å². The quantitative estimate of drug-likeness (QED) is 0.523. The Labute approximate surface area is 191 Å². The van der Waals surface area contributed by atoms with Crippen LogP contribution in [0.3, 0.4) is 0 Å². The first-order valence-electron chi connectivity index (χ1n) is 11.4. The summed E-state index contributed by atoms with van der Waals surface area (Å²) < 4.78 is 11.5. The Kier molecular flexibility index (Phi) is 5.96. The molecule has 2 fully saturated rings. The van der Waals surface area contributed by atoms with E-state index < -0.39 is 27.1 Å². The minimum absolute atomic E-state index is 0.0260. The number of ether oxygens (including phenoxy) is 1. The van der Waals surface area contributed by atoms with Crippen molar-refractivity contribution in [2.75, 3.05) is 6.61 Å². The number of rotatable bonds is 6. The fourth-order valence-electron chi connectivity index (χ4n) is 5.28. The molecule has 4 rings (SSSR count). The average molecular weight is 458 g/mol. The standard InChI is InChI=1S/C24H33N2O5Si/c1-13(19-18(21(27)25-19)16(24(2,3)4)12-30-32(5)6)22(28)26-20-15-10-8-7-9-14(15)11-17(20)31-23(26)29/h7-10,13,16-20H,11-12H2,1-6H3,(H,25,27)/t13-,16-,17-,18+,19-,20+/m1/s1. The maximum atomic E-state index is 13.6. The third-order valence-electron chi connectivity index (χ3n) is 7.14. The highest BCUT2D eigenvalue weighted by Crippen LogP contribution is 2.45. The van der Waals surface area contributed by atoms with Gasteiger partial charge < -0.3 is 14.5 Å². The Hall–Kier alpha value is -2.19. The number of amides is 3. The SMILES string of the molecule is C[C@@H](C(=O)N1C(=O)O[C@@H]2Cc3ccccc3[C@@H]21)[C@H]1NC(=O)[C@H]1[C@@H](CO[Si](C)C)C(C)(C)C. The van der Waals surface area contributed by atoms with Gasteiger partial charge in [-0.25, -0.2) is 9.69 Å². The van der Waals surface area contributed by atoms with Crippen molar-refractivity contribution in [2.24, 2.45) is 23.2 Å². The van der Waals surface area contributed by atoms with E-state index in [-0.39, 0.29) is 41.2 Å². The number of fused-ring (bicyclic) bond motifs is 3. The average Bonchev–Trinajstić information content (AvgIpc) is 3.21. The lowest BCUT2D eigenvalue weighted by atomic mass is 9.65. The van der Waals surface area contributed by atoms with Gasteiger partial charge >= 0.3 is 6.09 Å². The zero-order valence-electron chi connectivity index (χ0n) is 19.7. The highest BCUT2D eigenvalue weighted by Gasteiger charge is 2.56. The summed E-state index contributed by atoms with van der Waals surface area (Å²) in [6.07, 6.45) is -0.309. The van der Waals surface area contributed by atoms with Gasteiger partial charge in [-0.05, 0) is 35.6 Å². The summed E-state index contributed by atoms with van der Waals surface area (Å²) >= 11 is 0. The van der Waals surface area contributed by atoms with Gasteiger partial charge in [-0.2, -0.15) is 0 Å².